The fourth-order valence-electron chi connectivity index (χ4n) is 1.19. The van der Waals surface area contributed by atoms with Crippen molar-refractivity contribution in [1.82, 2.24) is 0 Å². The number of hydrogen-bond acceptors (Lipinski definition) is 6. The van der Waals surface area contributed by atoms with Gasteiger partial charge in [-0.3, -0.25) is 0 Å². The topological polar surface area (TPSA) is 94.6 Å². The molecule has 0 aliphatic carbocycles. The van der Waals surface area contributed by atoms with Gasteiger partial charge in [0.15, 0.2) is 19.7 Å². The molecule has 0 radical (unpaired) electrons. The summed E-state index contributed by atoms with van der Waals surface area (Å²) in [5.74, 6) is -1.50. The van der Waals surface area contributed by atoms with Gasteiger partial charge in [-0.05, 0) is 0 Å². The molecule has 0 fully saturated rings. The molecular weight excluding hydrogens is 256 g/mol. The van der Waals surface area contributed by atoms with Crippen molar-refractivity contribution in [3.63, 3.8) is 0 Å². The van der Waals surface area contributed by atoms with Crippen molar-refractivity contribution in [3.05, 3.63) is 11.0 Å². The van der Waals surface area contributed by atoms with E-state index in [0.717, 1.165) is 6.08 Å². The first-order valence-electron chi connectivity index (χ1n) is 4.61. The zero-order valence-electron chi connectivity index (χ0n) is 8.83. The van der Waals surface area contributed by atoms with E-state index in [0.29, 0.717) is 0 Å². The summed E-state index contributed by atoms with van der Waals surface area (Å²) in [6, 6.07) is 0. The highest BCUT2D eigenvalue weighted by molar-refractivity contribution is 7.98. The van der Waals surface area contributed by atoms with Crippen LogP contribution in [0.3, 0.4) is 0 Å². The molecule has 1 aliphatic heterocycles. The van der Waals surface area contributed by atoms with Crippen LogP contribution >= 0.6 is 0 Å². The summed E-state index contributed by atoms with van der Waals surface area (Å²) in [4.78, 5) is 10.5. The van der Waals surface area contributed by atoms with Gasteiger partial charge in [0.25, 0.3) is 0 Å². The van der Waals surface area contributed by atoms with Gasteiger partial charge in [-0.1, -0.05) is 13.8 Å². The fraction of sp³-hybridized carbons (Fsp3) is 0.625. The minimum Gasteiger partial charge on any atom is -0.437 e. The molecule has 8 heteroatoms. The Hall–Kier alpha value is -0.890. The van der Waals surface area contributed by atoms with Crippen LogP contribution in [0.2, 0.25) is 0 Å². The molecule has 1 unspecified atom stereocenters. The zero-order chi connectivity index (χ0) is 12.6. The highest BCUT2D eigenvalue weighted by Gasteiger charge is 2.42. The standard InChI is InChI=1S/C8H12O6S2/c1-3-15(10,11)6-5-7(9)14-8(6)16(12,13)4-2/h5,8H,3-4H2,1-2H3. The molecule has 0 N–H and O–H groups in total. The van der Waals surface area contributed by atoms with Crippen LogP contribution in [-0.4, -0.2) is 39.7 Å². The van der Waals surface area contributed by atoms with Crippen molar-refractivity contribution in [2.75, 3.05) is 11.5 Å². The number of cyclic esters (lactones) is 1. The van der Waals surface area contributed by atoms with Crippen molar-refractivity contribution in [3.8, 4) is 0 Å². The first-order chi connectivity index (χ1) is 7.24. The number of carbonyl (C=O) groups excluding carboxylic acids is 1. The highest BCUT2D eigenvalue weighted by atomic mass is 32.2. The van der Waals surface area contributed by atoms with Crippen molar-refractivity contribution in [1.29, 1.82) is 0 Å². The van der Waals surface area contributed by atoms with Crippen LogP contribution in [0.15, 0.2) is 11.0 Å². The lowest BCUT2D eigenvalue weighted by Gasteiger charge is -2.13. The Morgan fingerprint density at radius 1 is 1.19 bits per heavy atom. The molecule has 1 atom stereocenters. The average molecular weight is 268 g/mol. The monoisotopic (exact) mass is 268 g/mol. The first kappa shape index (κ1) is 13.2. The summed E-state index contributed by atoms with van der Waals surface area (Å²) in [6.45, 7) is 2.73. The van der Waals surface area contributed by atoms with Gasteiger partial charge in [0.1, 0.15) is 4.91 Å². The summed E-state index contributed by atoms with van der Waals surface area (Å²) in [7, 11) is -7.50. The Morgan fingerprint density at radius 3 is 2.19 bits per heavy atom. The minimum absolute atomic E-state index is 0.273. The average Bonchev–Trinajstić information content (AvgIpc) is 2.62. The first-order valence-corrected chi connectivity index (χ1v) is 7.98. The molecular formula is C8H12O6S2. The van der Waals surface area contributed by atoms with Gasteiger partial charge in [0, 0.05) is 6.08 Å². The second-order valence-corrected chi connectivity index (χ2v) is 7.78. The van der Waals surface area contributed by atoms with Crippen molar-refractivity contribution < 1.29 is 26.4 Å². The second-order valence-electron chi connectivity index (χ2n) is 3.17. The Labute approximate surface area is 94.1 Å². The van der Waals surface area contributed by atoms with E-state index in [1.54, 1.807) is 0 Å². The smallest absolute Gasteiger partial charge is 0.333 e. The maximum absolute atomic E-state index is 11.6. The SMILES string of the molecule is CCS(=O)(=O)C1=CC(=O)OC1S(=O)(=O)CC. The van der Waals surface area contributed by atoms with E-state index in [1.165, 1.54) is 13.8 Å². The van der Waals surface area contributed by atoms with Crippen molar-refractivity contribution in [2.45, 2.75) is 19.3 Å². The van der Waals surface area contributed by atoms with E-state index in [2.05, 4.69) is 4.74 Å². The predicted molar refractivity (Wildman–Crippen MR) is 56.9 cm³/mol. The van der Waals surface area contributed by atoms with Crippen LogP contribution < -0.4 is 0 Å². The Bertz CT molecular complexity index is 525. The summed E-state index contributed by atoms with van der Waals surface area (Å²) in [6.07, 6.45) is 0.733. The minimum atomic E-state index is -3.76. The maximum atomic E-state index is 11.6. The molecule has 1 heterocycles. The Kier molecular flexibility index (Phi) is 3.44. The van der Waals surface area contributed by atoms with Gasteiger partial charge in [-0.15, -0.1) is 0 Å². The molecule has 0 amide bonds. The van der Waals surface area contributed by atoms with Crippen LogP contribution in [0.5, 0.6) is 0 Å². The molecule has 0 bridgehead atoms. The largest absolute Gasteiger partial charge is 0.437 e. The molecule has 1 rings (SSSR count). The number of ether oxygens (including phenoxy) is 1. The van der Waals surface area contributed by atoms with E-state index in [4.69, 9.17) is 0 Å². The number of sulfone groups is 2. The van der Waals surface area contributed by atoms with Gasteiger partial charge in [-0.2, -0.15) is 0 Å². The van der Waals surface area contributed by atoms with E-state index < -0.39 is 36.0 Å². The van der Waals surface area contributed by atoms with Crippen molar-refractivity contribution >= 4 is 25.6 Å². The third kappa shape index (κ3) is 2.27. The Morgan fingerprint density at radius 2 is 1.75 bits per heavy atom. The molecule has 0 aromatic carbocycles. The summed E-state index contributed by atoms with van der Waals surface area (Å²) < 4.78 is 50.7. The maximum Gasteiger partial charge on any atom is 0.333 e. The van der Waals surface area contributed by atoms with Crippen LogP contribution in [0.4, 0.5) is 0 Å². The lowest BCUT2D eigenvalue weighted by Crippen LogP contribution is -2.29. The van der Waals surface area contributed by atoms with E-state index >= 15 is 0 Å². The van der Waals surface area contributed by atoms with Gasteiger partial charge < -0.3 is 4.74 Å². The molecule has 16 heavy (non-hydrogen) atoms. The summed E-state index contributed by atoms with van der Waals surface area (Å²) >= 11 is 0. The van der Waals surface area contributed by atoms with Crippen LogP contribution in [0.1, 0.15) is 13.8 Å². The molecule has 0 aromatic heterocycles. The lowest BCUT2D eigenvalue weighted by atomic mass is 10.6. The summed E-state index contributed by atoms with van der Waals surface area (Å²) in [5.41, 5.74) is -1.67. The zero-order valence-corrected chi connectivity index (χ0v) is 10.5. The quantitative estimate of drug-likeness (QED) is 0.645. The molecule has 0 spiro atoms. The molecule has 1 aliphatic rings. The van der Waals surface area contributed by atoms with Crippen LogP contribution in [0.25, 0.3) is 0 Å². The molecule has 0 saturated carbocycles. The number of carbonyl (C=O) groups is 1. The molecule has 0 saturated heterocycles. The van der Waals surface area contributed by atoms with Gasteiger partial charge in [0.05, 0.1) is 11.5 Å². The normalized spacial score (nSPS) is 21.8. The van der Waals surface area contributed by atoms with Crippen LogP contribution in [-0.2, 0) is 29.2 Å². The third-order valence-electron chi connectivity index (χ3n) is 2.18. The number of esters is 1. The van der Waals surface area contributed by atoms with Gasteiger partial charge >= 0.3 is 5.97 Å². The third-order valence-corrected chi connectivity index (χ3v) is 5.95. The van der Waals surface area contributed by atoms with E-state index in [1.807, 2.05) is 0 Å². The van der Waals surface area contributed by atoms with E-state index in [-0.39, 0.29) is 11.5 Å². The van der Waals surface area contributed by atoms with Gasteiger partial charge in [-0.25, -0.2) is 21.6 Å². The Balaban J connectivity index is 3.28. The van der Waals surface area contributed by atoms with Crippen molar-refractivity contribution in [2.24, 2.45) is 0 Å². The fourth-order valence-corrected chi connectivity index (χ4v) is 3.98. The predicted octanol–water partition coefficient (Wildman–Crippen LogP) is -0.377. The molecule has 92 valence electrons. The number of rotatable bonds is 4. The number of hydrogen-bond donors (Lipinski definition) is 0. The molecule has 0 aromatic rings. The van der Waals surface area contributed by atoms with E-state index in [9.17, 15) is 21.6 Å². The highest BCUT2D eigenvalue weighted by Crippen LogP contribution is 2.26. The van der Waals surface area contributed by atoms with Crippen LogP contribution in [0, 0.1) is 0 Å². The van der Waals surface area contributed by atoms with Gasteiger partial charge in [0.2, 0.25) is 5.44 Å². The molecule has 6 nitrogen and oxygen atoms in total. The summed E-state index contributed by atoms with van der Waals surface area (Å²) in [5, 5.41) is 0. The second kappa shape index (κ2) is 4.17. The lowest BCUT2D eigenvalue weighted by molar-refractivity contribution is -0.136.